The van der Waals surface area contributed by atoms with E-state index >= 15 is 0 Å². The normalized spacial score (nSPS) is 16.4. The summed E-state index contributed by atoms with van der Waals surface area (Å²) >= 11 is 0. The zero-order valence-corrected chi connectivity index (χ0v) is 15.7. The van der Waals surface area contributed by atoms with Gasteiger partial charge in [-0.15, -0.1) is 0 Å². The molecule has 1 atom stereocenters. The fraction of sp³-hybridized carbons (Fsp3) is 0.400. The smallest absolute Gasteiger partial charge is 0.321 e. The minimum atomic E-state index is -0.193. The number of hydrogen-bond donors (Lipinski definition) is 1. The number of ether oxygens (including phenoxy) is 1. The van der Waals surface area contributed by atoms with Crippen molar-refractivity contribution >= 4 is 17.6 Å². The lowest BCUT2D eigenvalue weighted by molar-refractivity contribution is -0.127. The molecule has 1 aliphatic rings. The van der Waals surface area contributed by atoms with Crippen molar-refractivity contribution in [3.8, 4) is 5.75 Å². The zero-order valence-electron chi connectivity index (χ0n) is 15.7. The molecule has 1 saturated heterocycles. The summed E-state index contributed by atoms with van der Waals surface area (Å²) in [5, 5.41) is 2.86. The van der Waals surface area contributed by atoms with Crippen LogP contribution in [0, 0.1) is 5.92 Å². The number of rotatable bonds is 7. The first-order valence-corrected chi connectivity index (χ1v) is 9.10. The van der Waals surface area contributed by atoms with Crippen molar-refractivity contribution in [3.05, 3.63) is 48.4 Å². The van der Waals surface area contributed by atoms with Crippen molar-refractivity contribution in [2.24, 2.45) is 5.92 Å². The highest BCUT2D eigenvalue weighted by Crippen LogP contribution is 2.20. The van der Waals surface area contributed by atoms with Crippen LogP contribution >= 0.6 is 0 Å². The molecule has 0 aliphatic carbocycles. The van der Waals surface area contributed by atoms with E-state index in [4.69, 9.17) is 9.15 Å². The van der Waals surface area contributed by atoms with Crippen LogP contribution in [0.1, 0.15) is 19.1 Å². The van der Waals surface area contributed by atoms with Crippen LogP contribution in [0.25, 0.3) is 0 Å². The Kier molecular flexibility index (Phi) is 6.01. The molecule has 2 heterocycles. The average Bonchev–Trinajstić information content (AvgIpc) is 3.30. The first-order chi connectivity index (χ1) is 13.0. The molecular formula is C20H25N3O4. The van der Waals surface area contributed by atoms with E-state index in [0.29, 0.717) is 37.6 Å². The minimum absolute atomic E-state index is 0.168. The molecule has 3 amide bonds. The van der Waals surface area contributed by atoms with E-state index < -0.39 is 0 Å². The lowest BCUT2D eigenvalue weighted by atomic mass is 10.1. The Morgan fingerprint density at radius 3 is 2.74 bits per heavy atom. The Labute approximate surface area is 158 Å². The molecule has 7 nitrogen and oxygen atoms in total. The van der Waals surface area contributed by atoms with Gasteiger partial charge in [-0.2, -0.15) is 0 Å². The van der Waals surface area contributed by atoms with Crippen LogP contribution in [0.5, 0.6) is 5.75 Å². The maximum atomic E-state index is 12.4. The molecule has 1 aromatic carbocycles. The molecule has 27 heavy (non-hydrogen) atoms. The Bertz CT molecular complexity index is 758. The van der Waals surface area contributed by atoms with Gasteiger partial charge < -0.3 is 24.3 Å². The molecule has 0 bridgehead atoms. The molecule has 1 aromatic heterocycles. The van der Waals surface area contributed by atoms with Crippen LogP contribution in [0.15, 0.2) is 47.1 Å². The summed E-state index contributed by atoms with van der Waals surface area (Å²) in [5.74, 6) is 1.80. The summed E-state index contributed by atoms with van der Waals surface area (Å²) in [6, 6.07) is 10.7. The Morgan fingerprint density at radius 2 is 2.11 bits per heavy atom. The number of likely N-dealkylation sites (tertiary alicyclic amines) is 1. The quantitative estimate of drug-likeness (QED) is 0.811. The number of furan rings is 1. The van der Waals surface area contributed by atoms with Gasteiger partial charge in [-0.3, -0.25) is 4.79 Å². The first-order valence-electron chi connectivity index (χ1n) is 9.10. The van der Waals surface area contributed by atoms with Gasteiger partial charge in [-0.1, -0.05) is 0 Å². The lowest BCUT2D eigenvalue weighted by Crippen LogP contribution is -2.36. The van der Waals surface area contributed by atoms with Gasteiger partial charge in [0.05, 0.1) is 6.26 Å². The number of carbonyl (C=O) groups excluding carboxylic acids is 2. The highest BCUT2D eigenvalue weighted by Gasteiger charge is 2.29. The highest BCUT2D eigenvalue weighted by molar-refractivity contribution is 5.89. The van der Waals surface area contributed by atoms with Gasteiger partial charge in [0.15, 0.2) is 0 Å². The number of hydrogen-bond acceptors (Lipinski definition) is 4. The SMILES string of the molecule is CCN1C[C@@H](CN(C)C(=O)Nc2ccc(OCc3ccco3)cc2)CC1=O. The standard InChI is InChI=1S/C20H25N3O4/c1-3-23-13-15(11-19(23)24)12-22(2)20(25)21-16-6-8-17(9-7-16)27-14-18-5-4-10-26-18/h4-10,15H,3,11-14H2,1-2H3,(H,21,25)/t15-/m1/s1. The third-order valence-corrected chi connectivity index (χ3v) is 4.62. The summed E-state index contributed by atoms with van der Waals surface area (Å²) in [5.41, 5.74) is 0.690. The minimum Gasteiger partial charge on any atom is -0.486 e. The van der Waals surface area contributed by atoms with Crippen LogP contribution in [-0.4, -0.2) is 48.4 Å². The predicted molar refractivity (Wildman–Crippen MR) is 101 cm³/mol. The van der Waals surface area contributed by atoms with E-state index in [1.165, 1.54) is 0 Å². The van der Waals surface area contributed by atoms with E-state index in [9.17, 15) is 9.59 Å². The second-order valence-corrected chi connectivity index (χ2v) is 6.71. The van der Waals surface area contributed by atoms with E-state index in [2.05, 4.69) is 5.32 Å². The average molecular weight is 371 g/mol. The molecule has 1 aliphatic heterocycles. The zero-order chi connectivity index (χ0) is 19.2. The van der Waals surface area contributed by atoms with E-state index in [0.717, 1.165) is 12.3 Å². The van der Waals surface area contributed by atoms with Crippen LogP contribution < -0.4 is 10.1 Å². The second-order valence-electron chi connectivity index (χ2n) is 6.71. The Balaban J connectivity index is 1.46. The molecule has 3 rings (SSSR count). The Hall–Kier alpha value is -2.96. The van der Waals surface area contributed by atoms with Gasteiger partial charge in [0.1, 0.15) is 18.1 Å². The van der Waals surface area contributed by atoms with Crippen LogP contribution in [-0.2, 0) is 11.4 Å². The highest BCUT2D eigenvalue weighted by atomic mass is 16.5. The van der Waals surface area contributed by atoms with Crippen molar-refractivity contribution in [2.75, 3.05) is 32.0 Å². The summed E-state index contributed by atoms with van der Waals surface area (Å²) < 4.78 is 10.8. The molecule has 1 N–H and O–H groups in total. The Morgan fingerprint density at radius 1 is 1.33 bits per heavy atom. The number of nitrogens with one attached hydrogen (secondary N) is 1. The lowest BCUT2D eigenvalue weighted by Gasteiger charge is -2.21. The fourth-order valence-corrected chi connectivity index (χ4v) is 3.15. The molecule has 0 spiro atoms. The molecule has 144 valence electrons. The van der Waals surface area contributed by atoms with Gasteiger partial charge in [0.2, 0.25) is 5.91 Å². The van der Waals surface area contributed by atoms with E-state index in [1.54, 1.807) is 42.5 Å². The number of carbonyl (C=O) groups is 2. The maximum Gasteiger partial charge on any atom is 0.321 e. The molecular weight excluding hydrogens is 346 g/mol. The van der Waals surface area contributed by atoms with Crippen molar-refractivity contribution in [2.45, 2.75) is 20.0 Å². The number of anilines is 1. The summed E-state index contributed by atoms with van der Waals surface area (Å²) in [4.78, 5) is 27.6. The third kappa shape index (κ3) is 5.03. The number of amides is 3. The summed E-state index contributed by atoms with van der Waals surface area (Å²) in [6.45, 7) is 4.32. The summed E-state index contributed by atoms with van der Waals surface area (Å²) in [7, 11) is 1.75. The molecule has 7 heteroatoms. The van der Waals surface area contributed by atoms with Crippen molar-refractivity contribution in [1.82, 2.24) is 9.80 Å². The molecule has 0 saturated carbocycles. The monoisotopic (exact) mass is 371 g/mol. The van der Waals surface area contributed by atoms with Crippen molar-refractivity contribution in [1.29, 1.82) is 0 Å². The van der Waals surface area contributed by atoms with Gasteiger partial charge >= 0.3 is 6.03 Å². The van der Waals surface area contributed by atoms with E-state index in [-0.39, 0.29) is 17.9 Å². The van der Waals surface area contributed by atoms with Crippen LogP contribution in [0.2, 0.25) is 0 Å². The second kappa shape index (κ2) is 8.62. The summed E-state index contributed by atoms with van der Waals surface area (Å²) in [6.07, 6.45) is 2.11. The number of benzene rings is 1. The van der Waals surface area contributed by atoms with Crippen molar-refractivity contribution < 1.29 is 18.7 Å². The largest absolute Gasteiger partial charge is 0.486 e. The van der Waals surface area contributed by atoms with Gasteiger partial charge in [-0.05, 0) is 43.3 Å². The van der Waals surface area contributed by atoms with Crippen molar-refractivity contribution in [3.63, 3.8) is 0 Å². The number of urea groups is 1. The predicted octanol–water partition coefficient (Wildman–Crippen LogP) is 3.19. The van der Waals surface area contributed by atoms with Gasteiger partial charge in [-0.25, -0.2) is 4.79 Å². The molecule has 1 fully saturated rings. The number of nitrogens with zero attached hydrogens (tertiary/aromatic N) is 2. The molecule has 0 unspecified atom stereocenters. The first kappa shape index (κ1) is 18.8. The topological polar surface area (TPSA) is 75.0 Å². The van der Waals surface area contributed by atoms with Crippen LogP contribution in [0.3, 0.4) is 0 Å². The van der Waals surface area contributed by atoms with Gasteiger partial charge in [0.25, 0.3) is 0 Å². The molecule has 2 aromatic rings. The molecule has 0 radical (unpaired) electrons. The maximum absolute atomic E-state index is 12.4. The van der Waals surface area contributed by atoms with E-state index in [1.807, 2.05) is 24.0 Å². The van der Waals surface area contributed by atoms with Gasteiger partial charge in [0, 0.05) is 44.7 Å². The fourth-order valence-electron chi connectivity index (χ4n) is 3.15. The van der Waals surface area contributed by atoms with Crippen LogP contribution in [0.4, 0.5) is 10.5 Å². The third-order valence-electron chi connectivity index (χ3n) is 4.62.